The number of aliphatic imine (C=N–C) groups is 1. The van der Waals surface area contributed by atoms with Crippen LogP contribution >= 0.6 is 0 Å². The van der Waals surface area contributed by atoms with Crippen LogP contribution in [0, 0.1) is 6.92 Å². The lowest BCUT2D eigenvalue weighted by Crippen LogP contribution is -2.03. The van der Waals surface area contributed by atoms with Crippen molar-refractivity contribution in [1.29, 1.82) is 0 Å². The Morgan fingerprint density at radius 1 is 0.962 bits per heavy atom. The molecule has 3 rings (SSSR count). The van der Waals surface area contributed by atoms with Gasteiger partial charge in [-0.2, -0.15) is 0 Å². The predicted octanol–water partition coefficient (Wildman–Crippen LogP) is 5.32. The van der Waals surface area contributed by atoms with Gasteiger partial charge in [0.25, 0.3) is 0 Å². The lowest BCUT2D eigenvalue weighted by molar-refractivity contribution is 0.320. The van der Waals surface area contributed by atoms with Crippen LogP contribution in [0.1, 0.15) is 29.3 Å². The monoisotopic (exact) mass is 344 g/mol. The Kier molecular flexibility index (Phi) is 6.15. The third-order valence-corrected chi connectivity index (χ3v) is 4.20. The van der Waals surface area contributed by atoms with Gasteiger partial charge < -0.3 is 4.74 Å². The highest BCUT2D eigenvalue weighted by atomic mass is 16.5. The van der Waals surface area contributed by atoms with E-state index in [1.54, 1.807) is 0 Å². The van der Waals surface area contributed by atoms with Crippen LogP contribution in [0.5, 0.6) is 5.75 Å². The summed E-state index contributed by atoms with van der Waals surface area (Å²) in [4.78, 5) is 8.95. The SMILES string of the molecule is CCc1ccc(CCOc2ccc(C=Nc3ccc(C)cc3)cc2)nc1. The van der Waals surface area contributed by atoms with Gasteiger partial charge in [-0.05, 0) is 66.9 Å². The summed E-state index contributed by atoms with van der Waals surface area (Å²) in [5.41, 5.74) is 5.57. The second-order valence-electron chi connectivity index (χ2n) is 6.27. The van der Waals surface area contributed by atoms with Gasteiger partial charge in [-0.3, -0.25) is 9.98 Å². The predicted molar refractivity (Wildman–Crippen MR) is 108 cm³/mol. The standard InChI is InChI=1S/C23H24N2O/c1-3-19-6-11-22(24-16-19)14-15-26-23-12-7-20(8-13-23)17-25-21-9-4-18(2)5-10-21/h4-13,16-17H,3,14-15H2,1-2H3. The maximum atomic E-state index is 5.81. The van der Waals surface area contributed by atoms with E-state index in [0.29, 0.717) is 6.61 Å². The first kappa shape index (κ1) is 17.9. The molecule has 0 aliphatic carbocycles. The smallest absolute Gasteiger partial charge is 0.119 e. The highest BCUT2D eigenvalue weighted by Crippen LogP contribution is 2.15. The molecule has 0 atom stereocenters. The molecule has 0 N–H and O–H groups in total. The van der Waals surface area contributed by atoms with Crippen LogP contribution in [0.2, 0.25) is 0 Å². The summed E-state index contributed by atoms with van der Waals surface area (Å²) in [5.74, 6) is 0.864. The molecule has 0 saturated carbocycles. The number of nitrogens with zero attached hydrogens (tertiary/aromatic N) is 2. The molecule has 0 radical (unpaired) electrons. The normalized spacial score (nSPS) is 11.0. The molecular weight excluding hydrogens is 320 g/mol. The van der Waals surface area contributed by atoms with E-state index < -0.39 is 0 Å². The van der Waals surface area contributed by atoms with Crippen molar-refractivity contribution in [2.75, 3.05) is 6.61 Å². The van der Waals surface area contributed by atoms with E-state index >= 15 is 0 Å². The van der Waals surface area contributed by atoms with E-state index in [2.05, 4.69) is 48.1 Å². The van der Waals surface area contributed by atoms with E-state index in [1.165, 1.54) is 11.1 Å². The number of hydrogen-bond donors (Lipinski definition) is 0. The summed E-state index contributed by atoms with van der Waals surface area (Å²) < 4.78 is 5.81. The summed E-state index contributed by atoms with van der Waals surface area (Å²) in [5, 5.41) is 0. The second-order valence-corrected chi connectivity index (χ2v) is 6.27. The molecule has 3 nitrogen and oxygen atoms in total. The van der Waals surface area contributed by atoms with Crippen molar-refractivity contribution in [2.45, 2.75) is 26.7 Å². The lowest BCUT2D eigenvalue weighted by Gasteiger charge is -2.06. The summed E-state index contributed by atoms with van der Waals surface area (Å²) in [6.07, 6.45) is 5.63. The molecule has 0 amide bonds. The van der Waals surface area contributed by atoms with Crippen LogP contribution in [-0.2, 0) is 12.8 Å². The summed E-state index contributed by atoms with van der Waals surface area (Å²) >= 11 is 0. The Hall–Kier alpha value is -2.94. The molecule has 0 aliphatic heterocycles. The maximum Gasteiger partial charge on any atom is 0.119 e. The largest absolute Gasteiger partial charge is 0.493 e. The van der Waals surface area contributed by atoms with Gasteiger partial charge in [0, 0.05) is 24.5 Å². The first-order chi connectivity index (χ1) is 12.7. The van der Waals surface area contributed by atoms with E-state index in [0.717, 1.165) is 35.5 Å². The van der Waals surface area contributed by atoms with E-state index in [-0.39, 0.29) is 0 Å². The summed E-state index contributed by atoms with van der Waals surface area (Å²) in [6, 6.07) is 20.4. The van der Waals surface area contributed by atoms with Crippen molar-refractivity contribution < 1.29 is 4.74 Å². The van der Waals surface area contributed by atoms with Gasteiger partial charge in [-0.15, -0.1) is 0 Å². The van der Waals surface area contributed by atoms with Gasteiger partial charge >= 0.3 is 0 Å². The van der Waals surface area contributed by atoms with Gasteiger partial charge in [0.2, 0.25) is 0 Å². The molecule has 1 aromatic heterocycles. The number of rotatable bonds is 7. The zero-order valence-electron chi connectivity index (χ0n) is 15.4. The van der Waals surface area contributed by atoms with Gasteiger partial charge in [0.15, 0.2) is 0 Å². The number of pyridine rings is 1. The lowest BCUT2D eigenvalue weighted by atomic mass is 10.2. The minimum Gasteiger partial charge on any atom is -0.493 e. The third-order valence-electron chi connectivity index (χ3n) is 4.20. The third kappa shape index (κ3) is 5.28. The Bertz CT molecular complexity index is 835. The van der Waals surface area contributed by atoms with Crippen LogP contribution in [0.15, 0.2) is 71.9 Å². The fraction of sp³-hybridized carbons (Fsp3) is 0.217. The van der Waals surface area contributed by atoms with Crippen molar-refractivity contribution in [3.8, 4) is 5.75 Å². The number of aryl methyl sites for hydroxylation is 2. The Morgan fingerprint density at radius 2 is 1.73 bits per heavy atom. The molecule has 1 heterocycles. The highest BCUT2D eigenvalue weighted by Gasteiger charge is 1.98. The highest BCUT2D eigenvalue weighted by molar-refractivity contribution is 5.82. The molecule has 0 spiro atoms. The van der Waals surface area contributed by atoms with E-state index in [9.17, 15) is 0 Å². The number of ether oxygens (including phenoxy) is 1. The van der Waals surface area contributed by atoms with Crippen LogP contribution in [-0.4, -0.2) is 17.8 Å². The van der Waals surface area contributed by atoms with Crippen molar-refractivity contribution in [2.24, 2.45) is 4.99 Å². The van der Waals surface area contributed by atoms with Crippen LogP contribution in [0.25, 0.3) is 0 Å². The quantitative estimate of drug-likeness (QED) is 0.543. The maximum absolute atomic E-state index is 5.81. The molecule has 0 aliphatic rings. The molecular formula is C23H24N2O. The van der Waals surface area contributed by atoms with Gasteiger partial charge in [-0.25, -0.2) is 0 Å². The van der Waals surface area contributed by atoms with Crippen molar-refractivity contribution in [1.82, 2.24) is 4.98 Å². The molecule has 0 saturated heterocycles. The van der Waals surface area contributed by atoms with Gasteiger partial charge in [0.1, 0.15) is 5.75 Å². The molecule has 132 valence electrons. The second kappa shape index (κ2) is 8.95. The topological polar surface area (TPSA) is 34.5 Å². The fourth-order valence-electron chi connectivity index (χ4n) is 2.52. The zero-order chi connectivity index (χ0) is 18.2. The Labute approximate surface area is 155 Å². The molecule has 0 fully saturated rings. The summed E-state index contributed by atoms with van der Waals surface area (Å²) in [6.45, 7) is 4.83. The molecule has 0 unspecified atom stereocenters. The van der Waals surface area contributed by atoms with Crippen LogP contribution < -0.4 is 4.74 Å². The Balaban J connectivity index is 1.50. The number of aromatic nitrogens is 1. The first-order valence-electron chi connectivity index (χ1n) is 9.00. The van der Waals surface area contributed by atoms with Gasteiger partial charge in [-0.1, -0.05) is 30.7 Å². The fourth-order valence-corrected chi connectivity index (χ4v) is 2.52. The number of hydrogen-bond acceptors (Lipinski definition) is 3. The van der Waals surface area contributed by atoms with Gasteiger partial charge in [0.05, 0.1) is 12.3 Å². The summed E-state index contributed by atoms with van der Waals surface area (Å²) in [7, 11) is 0. The van der Waals surface area contributed by atoms with Crippen molar-refractivity contribution in [3.05, 3.63) is 89.2 Å². The number of benzene rings is 2. The van der Waals surface area contributed by atoms with Crippen LogP contribution in [0.4, 0.5) is 5.69 Å². The average Bonchev–Trinajstić information content (AvgIpc) is 2.69. The van der Waals surface area contributed by atoms with Crippen molar-refractivity contribution >= 4 is 11.9 Å². The molecule has 26 heavy (non-hydrogen) atoms. The zero-order valence-corrected chi connectivity index (χ0v) is 15.4. The minimum atomic E-state index is 0.620. The molecule has 3 aromatic rings. The van der Waals surface area contributed by atoms with E-state index in [4.69, 9.17) is 4.74 Å². The van der Waals surface area contributed by atoms with Crippen LogP contribution in [0.3, 0.4) is 0 Å². The molecule has 3 heteroatoms. The first-order valence-corrected chi connectivity index (χ1v) is 9.00. The average molecular weight is 344 g/mol. The van der Waals surface area contributed by atoms with Crippen molar-refractivity contribution in [3.63, 3.8) is 0 Å². The minimum absolute atomic E-state index is 0.620. The van der Waals surface area contributed by atoms with E-state index in [1.807, 2.05) is 48.8 Å². The Morgan fingerprint density at radius 3 is 2.38 bits per heavy atom. The molecule has 2 aromatic carbocycles. The molecule has 0 bridgehead atoms.